The Labute approximate surface area is 346 Å². The molecule has 11 heteroatoms. The summed E-state index contributed by atoms with van der Waals surface area (Å²) in [7, 11) is 4.10. The summed E-state index contributed by atoms with van der Waals surface area (Å²) in [6, 6.07) is 52.4. The second kappa shape index (κ2) is 14.9. The summed E-state index contributed by atoms with van der Waals surface area (Å²) in [5.74, 6) is 1.65. The molecule has 5 aromatic carbocycles. The Kier molecular flexibility index (Phi) is 9.81. The van der Waals surface area contributed by atoms with Crippen LogP contribution in [0.25, 0.3) is 27.5 Å². The monoisotopic (exact) mass is 899 g/mol. The van der Waals surface area contributed by atoms with E-state index in [2.05, 4.69) is 159 Å². The second-order valence-corrected chi connectivity index (χ2v) is 12.7. The van der Waals surface area contributed by atoms with Crippen molar-refractivity contribution in [3.63, 3.8) is 0 Å². The number of ether oxygens (including phenoxy) is 2. The molecule has 0 unspecified atom stereocenters. The summed E-state index contributed by atoms with van der Waals surface area (Å²) in [5.41, 5.74) is 8.33. The molecule has 5 heterocycles. The van der Waals surface area contributed by atoms with E-state index in [9.17, 15) is 0 Å². The molecule has 0 saturated heterocycles. The Bertz CT molecular complexity index is 2480. The predicted octanol–water partition coefficient (Wildman–Crippen LogP) is 9.77. The van der Waals surface area contributed by atoms with Crippen LogP contribution in [0.4, 0.5) is 34.1 Å². The van der Waals surface area contributed by atoms with Crippen LogP contribution >= 0.6 is 0 Å². The van der Waals surface area contributed by atoms with E-state index in [1.807, 2.05) is 24.3 Å². The SMILES string of the molecule is CN1[CH-]N(c2[c-]c3c(cc2)c2ccc(N4[CH-]N(C)c5ccccc54)[c-]c2n3-c2[c-]c(Oc3ccccn3)cc(Oc3ccccn3)[c-]2)c2ccccc21.[Pd].[Pd]. The molecule has 3 aromatic heterocycles. The van der Waals surface area contributed by atoms with Gasteiger partial charge in [0.25, 0.3) is 0 Å². The molecule has 0 amide bonds. The molecule has 55 heavy (non-hydrogen) atoms. The first-order chi connectivity index (χ1) is 26.1. The van der Waals surface area contributed by atoms with Gasteiger partial charge in [0, 0.05) is 88.1 Å². The zero-order valence-electron chi connectivity index (χ0n) is 29.4. The molecular weight excluding hydrogens is 871 g/mol. The fourth-order valence-corrected chi connectivity index (χ4v) is 6.98. The van der Waals surface area contributed by atoms with Crippen LogP contribution in [0.3, 0.4) is 0 Å². The average molecular weight is 901 g/mol. The van der Waals surface area contributed by atoms with Crippen LogP contribution in [0.15, 0.2) is 128 Å². The van der Waals surface area contributed by atoms with Crippen LogP contribution in [0, 0.1) is 37.6 Å². The van der Waals surface area contributed by atoms with Crippen LogP contribution in [-0.2, 0) is 40.8 Å². The van der Waals surface area contributed by atoms with E-state index in [0.717, 1.165) is 55.9 Å². The Morgan fingerprint density at radius 1 is 0.509 bits per heavy atom. The number of rotatable bonds is 7. The molecule has 0 fully saturated rings. The molecule has 0 saturated carbocycles. The first-order valence-electron chi connectivity index (χ1n) is 17.1. The van der Waals surface area contributed by atoms with Crippen LogP contribution in [-0.4, -0.2) is 28.6 Å². The van der Waals surface area contributed by atoms with Crippen molar-refractivity contribution in [3.05, 3.63) is 165 Å². The van der Waals surface area contributed by atoms with E-state index in [-0.39, 0.29) is 40.8 Å². The Balaban J connectivity index is 0.00000214. The summed E-state index contributed by atoms with van der Waals surface area (Å²) in [4.78, 5) is 17.3. The topological polar surface area (TPSA) is 62.1 Å². The standard InChI is InChI=1S/C44H29N7O2.2Pd/c1-47-28-49(39-13-5-3-11-37(39)47)30-17-19-35-36-20-18-31(50-29-48(2)38-12-4-6-14-40(38)50)26-42(36)51(41(35)25-30)32-23-33(52-43-15-7-9-21-45-43)27-34(24-32)53-44-16-8-10-22-46-44;;/h3-22,27-29H,1-2H3;;/q-6;;. The first-order valence-corrected chi connectivity index (χ1v) is 17.1. The van der Waals surface area contributed by atoms with Crippen molar-refractivity contribution >= 4 is 55.9 Å². The summed E-state index contributed by atoms with van der Waals surface area (Å²) < 4.78 is 14.6. The van der Waals surface area contributed by atoms with Gasteiger partial charge in [-0.1, -0.05) is 58.9 Å². The number of benzene rings is 5. The molecule has 2 aliphatic rings. The average Bonchev–Trinajstić information content (AvgIpc) is 3.83. The number of nitrogens with zero attached hydrogens (tertiary/aromatic N) is 7. The normalized spacial score (nSPS) is 13.1. The number of para-hydroxylation sites is 4. The molecule has 2 aliphatic heterocycles. The fraction of sp³-hybridized carbons (Fsp3) is 0.0455. The minimum absolute atomic E-state index is 0. The van der Waals surface area contributed by atoms with Gasteiger partial charge in [-0.3, -0.25) is 12.1 Å². The molecule has 0 radical (unpaired) electrons. The van der Waals surface area contributed by atoms with Gasteiger partial charge in [-0.15, -0.1) is 23.5 Å². The zero-order chi connectivity index (χ0) is 35.5. The molecule has 0 N–H and O–H groups in total. The van der Waals surface area contributed by atoms with Gasteiger partial charge in [0.2, 0.25) is 11.8 Å². The van der Waals surface area contributed by atoms with E-state index in [1.54, 1.807) is 30.6 Å². The Hall–Kier alpha value is -5.68. The van der Waals surface area contributed by atoms with Crippen LogP contribution in [0.5, 0.6) is 23.3 Å². The molecule has 0 spiro atoms. The number of anilines is 6. The van der Waals surface area contributed by atoms with Gasteiger partial charge in [-0.2, -0.15) is 54.1 Å². The van der Waals surface area contributed by atoms with Crippen LogP contribution in [0.2, 0.25) is 0 Å². The maximum Gasteiger partial charge on any atom is 0.214 e. The summed E-state index contributed by atoms with van der Waals surface area (Å²) >= 11 is 0. The number of pyridine rings is 2. The van der Waals surface area contributed by atoms with Gasteiger partial charge in [0.1, 0.15) is 0 Å². The molecule has 278 valence electrons. The molecule has 0 atom stereocenters. The van der Waals surface area contributed by atoms with Gasteiger partial charge in [0.05, 0.1) is 0 Å². The Morgan fingerprint density at radius 3 is 1.38 bits per heavy atom. The number of hydrogen-bond acceptors (Lipinski definition) is 8. The van der Waals surface area contributed by atoms with Gasteiger partial charge in [-0.25, -0.2) is 16.0 Å². The number of fused-ring (bicyclic) bond motifs is 5. The third-order valence-electron chi connectivity index (χ3n) is 9.37. The van der Waals surface area contributed by atoms with Crippen molar-refractivity contribution in [2.24, 2.45) is 0 Å². The minimum atomic E-state index is 0. The fourth-order valence-electron chi connectivity index (χ4n) is 6.98. The van der Waals surface area contributed by atoms with Gasteiger partial charge >= 0.3 is 0 Å². The Morgan fingerprint density at radius 2 is 0.945 bits per heavy atom. The van der Waals surface area contributed by atoms with Crippen molar-refractivity contribution in [2.75, 3.05) is 33.7 Å². The second-order valence-electron chi connectivity index (χ2n) is 12.7. The zero-order valence-corrected chi connectivity index (χ0v) is 32.5. The summed E-state index contributed by atoms with van der Waals surface area (Å²) in [6.45, 7) is 4.16. The third kappa shape index (κ3) is 6.50. The van der Waals surface area contributed by atoms with Gasteiger partial charge in [0.15, 0.2) is 0 Å². The molecule has 10 rings (SSSR count). The van der Waals surface area contributed by atoms with Crippen molar-refractivity contribution in [1.29, 1.82) is 0 Å². The maximum atomic E-state index is 6.27. The molecular formula is C44H29N7O2Pd2-6. The largest absolute Gasteiger partial charge is 0.504 e. The summed E-state index contributed by atoms with van der Waals surface area (Å²) in [5, 5.41) is 2.00. The van der Waals surface area contributed by atoms with Crippen molar-refractivity contribution in [1.82, 2.24) is 14.5 Å². The van der Waals surface area contributed by atoms with Crippen molar-refractivity contribution < 1.29 is 50.3 Å². The van der Waals surface area contributed by atoms with Crippen LogP contribution in [0.1, 0.15) is 0 Å². The van der Waals surface area contributed by atoms with E-state index in [4.69, 9.17) is 9.47 Å². The first kappa shape index (κ1) is 36.3. The predicted molar refractivity (Wildman–Crippen MR) is 207 cm³/mol. The van der Waals surface area contributed by atoms with Crippen molar-refractivity contribution in [2.45, 2.75) is 0 Å². The molecule has 8 aromatic rings. The minimum Gasteiger partial charge on any atom is -0.504 e. The summed E-state index contributed by atoms with van der Waals surface area (Å²) in [6.07, 6.45) is 3.37. The third-order valence-corrected chi connectivity index (χ3v) is 9.37. The van der Waals surface area contributed by atoms with E-state index in [0.29, 0.717) is 28.9 Å². The van der Waals surface area contributed by atoms with E-state index < -0.39 is 0 Å². The van der Waals surface area contributed by atoms with Crippen LogP contribution < -0.4 is 29.1 Å². The molecule has 9 nitrogen and oxygen atoms in total. The maximum absolute atomic E-state index is 6.27. The number of aromatic nitrogens is 3. The quantitative estimate of drug-likeness (QED) is 0.116. The smallest absolute Gasteiger partial charge is 0.214 e. The van der Waals surface area contributed by atoms with E-state index >= 15 is 0 Å². The molecule has 0 bridgehead atoms. The molecule has 0 aliphatic carbocycles. The number of hydrogen-bond donors (Lipinski definition) is 0. The van der Waals surface area contributed by atoms with Gasteiger partial charge < -0.3 is 33.6 Å². The van der Waals surface area contributed by atoms with Crippen molar-refractivity contribution in [3.8, 4) is 28.9 Å². The van der Waals surface area contributed by atoms with E-state index in [1.165, 1.54) is 0 Å². The van der Waals surface area contributed by atoms with Gasteiger partial charge in [-0.05, 0) is 50.5 Å².